The van der Waals surface area contributed by atoms with E-state index in [1.807, 2.05) is 17.5 Å². The fourth-order valence-corrected chi connectivity index (χ4v) is 3.99. The standard InChI is InChI=1S/C15H17N3O3S2/c1-10(19)16-8-11-2-3-13(23-11)12-9-22-14(17-12)4-5-18-6-7-21-15(18)20/h2-3,9H,4-8H2,1H3,(H,16,19). The summed E-state index contributed by atoms with van der Waals surface area (Å²) in [6.07, 6.45) is 0.506. The van der Waals surface area contributed by atoms with Gasteiger partial charge in [-0.1, -0.05) is 0 Å². The van der Waals surface area contributed by atoms with Crippen LogP contribution in [0.2, 0.25) is 0 Å². The molecule has 0 atom stereocenters. The molecule has 2 amide bonds. The maximum atomic E-state index is 11.4. The summed E-state index contributed by atoms with van der Waals surface area (Å²) in [5.41, 5.74) is 0.952. The van der Waals surface area contributed by atoms with Crippen LogP contribution in [-0.2, 0) is 22.5 Å². The Hall–Kier alpha value is -1.93. The smallest absolute Gasteiger partial charge is 0.409 e. The second-order valence-electron chi connectivity index (χ2n) is 5.15. The molecule has 0 unspecified atom stereocenters. The molecule has 0 aromatic carbocycles. The minimum atomic E-state index is -0.234. The molecular formula is C15H17N3O3S2. The normalized spacial score (nSPS) is 14.1. The average Bonchev–Trinajstić information content (AvgIpc) is 3.23. The van der Waals surface area contributed by atoms with Crippen LogP contribution in [0, 0.1) is 0 Å². The van der Waals surface area contributed by atoms with Crippen LogP contribution in [0.3, 0.4) is 0 Å². The minimum Gasteiger partial charge on any atom is -0.448 e. The zero-order valence-corrected chi connectivity index (χ0v) is 14.3. The molecule has 0 bridgehead atoms. The molecule has 1 aliphatic rings. The molecule has 0 aliphatic carbocycles. The zero-order chi connectivity index (χ0) is 16.2. The van der Waals surface area contributed by atoms with Crippen molar-refractivity contribution in [3.8, 4) is 10.6 Å². The summed E-state index contributed by atoms with van der Waals surface area (Å²) in [4.78, 5) is 30.9. The van der Waals surface area contributed by atoms with Crippen LogP contribution >= 0.6 is 22.7 Å². The van der Waals surface area contributed by atoms with Gasteiger partial charge in [0.25, 0.3) is 0 Å². The van der Waals surface area contributed by atoms with Gasteiger partial charge in [-0.05, 0) is 12.1 Å². The number of cyclic esters (lactones) is 1. The Morgan fingerprint density at radius 2 is 2.35 bits per heavy atom. The molecule has 8 heteroatoms. The Bertz CT molecular complexity index is 710. The number of thiophene rings is 1. The highest BCUT2D eigenvalue weighted by atomic mass is 32.1. The van der Waals surface area contributed by atoms with Crippen LogP contribution in [0.4, 0.5) is 4.79 Å². The van der Waals surface area contributed by atoms with E-state index in [1.165, 1.54) is 6.92 Å². The van der Waals surface area contributed by atoms with Crippen molar-refractivity contribution >= 4 is 34.7 Å². The van der Waals surface area contributed by atoms with E-state index in [2.05, 4.69) is 10.3 Å². The minimum absolute atomic E-state index is 0.0312. The number of amides is 2. The Morgan fingerprint density at radius 1 is 1.48 bits per heavy atom. The Balaban J connectivity index is 1.58. The van der Waals surface area contributed by atoms with Gasteiger partial charge in [0.15, 0.2) is 0 Å². The summed E-state index contributed by atoms with van der Waals surface area (Å²) in [5.74, 6) is -0.0312. The lowest BCUT2D eigenvalue weighted by atomic mass is 10.3. The number of hydrogen-bond acceptors (Lipinski definition) is 6. The molecule has 2 aromatic rings. The summed E-state index contributed by atoms with van der Waals surface area (Å²) in [6, 6.07) is 4.04. The van der Waals surface area contributed by atoms with E-state index in [9.17, 15) is 9.59 Å². The third-order valence-electron chi connectivity index (χ3n) is 3.42. The van der Waals surface area contributed by atoms with Crippen LogP contribution < -0.4 is 5.32 Å². The first-order valence-corrected chi connectivity index (χ1v) is 9.01. The number of nitrogens with zero attached hydrogens (tertiary/aromatic N) is 2. The molecular weight excluding hydrogens is 334 g/mol. The number of nitrogens with one attached hydrogen (secondary N) is 1. The van der Waals surface area contributed by atoms with Gasteiger partial charge in [-0.3, -0.25) is 4.79 Å². The predicted molar refractivity (Wildman–Crippen MR) is 89.6 cm³/mol. The first kappa shape index (κ1) is 15.9. The van der Waals surface area contributed by atoms with Crippen molar-refractivity contribution in [1.82, 2.24) is 15.2 Å². The number of aromatic nitrogens is 1. The lowest BCUT2D eigenvalue weighted by Gasteiger charge is -2.10. The van der Waals surface area contributed by atoms with Crippen molar-refractivity contribution in [2.24, 2.45) is 0 Å². The van der Waals surface area contributed by atoms with Gasteiger partial charge in [-0.25, -0.2) is 9.78 Å². The Kier molecular flexibility index (Phi) is 4.92. The molecule has 6 nitrogen and oxygen atoms in total. The lowest BCUT2D eigenvalue weighted by Crippen LogP contribution is -2.26. The van der Waals surface area contributed by atoms with Gasteiger partial charge in [-0.2, -0.15) is 0 Å². The number of thiazole rings is 1. The number of carbonyl (C=O) groups is 2. The van der Waals surface area contributed by atoms with Crippen LogP contribution in [0.5, 0.6) is 0 Å². The van der Waals surface area contributed by atoms with Crippen LogP contribution in [0.15, 0.2) is 17.5 Å². The second kappa shape index (κ2) is 7.10. The molecule has 3 rings (SSSR count). The molecule has 122 valence electrons. The highest BCUT2D eigenvalue weighted by Gasteiger charge is 2.21. The number of rotatable bonds is 6. The summed E-state index contributed by atoms with van der Waals surface area (Å²) in [5, 5.41) is 5.84. The number of hydrogen-bond donors (Lipinski definition) is 1. The fraction of sp³-hybridized carbons (Fsp3) is 0.400. The first-order valence-electron chi connectivity index (χ1n) is 7.31. The van der Waals surface area contributed by atoms with E-state index in [4.69, 9.17) is 4.74 Å². The van der Waals surface area contributed by atoms with Gasteiger partial charge in [0.05, 0.1) is 28.7 Å². The summed E-state index contributed by atoms with van der Waals surface area (Å²) < 4.78 is 4.91. The quantitative estimate of drug-likeness (QED) is 0.868. The van der Waals surface area contributed by atoms with E-state index in [0.717, 1.165) is 26.9 Å². The molecule has 1 N–H and O–H groups in total. The van der Waals surface area contributed by atoms with E-state index < -0.39 is 0 Å². The largest absolute Gasteiger partial charge is 0.448 e. The van der Waals surface area contributed by atoms with Gasteiger partial charge >= 0.3 is 6.09 Å². The average molecular weight is 351 g/mol. The highest BCUT2D eigenvalue weighted by molar-refractivity contribution is 7.16. The lowest BCUT2D eigenvalue weighted by molar-refractivity contribution is -0.119. The maximum absolute atomic E-state index is 11.4. The molecule has 0 radical (unpaired) electrons. The molecule has 3 heterocycles. The van der Waals surface area contributed by atoms with Gasteiger partial charge in [0, 0.05) is 30.1 Å². The highest BCUT2D eigenvalue weighted by Crippen LogP contribution is 2.29. The molecule has 0 spiro atoms. The first-order chi connectivity index (χ1) is 11.1. The van der Waals surface area contributed by atoms with E-state index in [0.29, 0.717) is 26.2 Å². The van der Waals surface area contributed by atoms with Gasteiger partial charge < -0.3 is 15.0 Å². The molecule has 1 aliphatic heterocycles. The van der Waals surface area contributed by atoms with Crippen molar-refractivity contribution in [3.63, 3.8) is 0 Å². The second-order valence-corrected chi connectivity index (χ2v) is 7.26. The van der Waals surface area contributed by atoms with Gasteiger partial charge in [0.1, 0.15) is 6.61 Å². The van der Waals surface area contributed by atoms with E-state index in [1.54, 1.807) is 27.6 Å². The third-order valence-corrected chi connectivity index (χ3v) is 5.43. The zero-order valence-electron chi connectivity index (χ0n) is 12.7. The van der Waals surface area contributed by atoms with E-state index in [-0.39, 0.29) is 12.0 Å². The van der Waals surface area contributed by atoms with Crippen molar-refractivity contribution < 1.29 is 14.3 Å². The van der Waals surface area contributed by atoms with Gasteiger partial charge in [-0.15, -0.1) is 22.7 Å². The molecule has 2 aromatic heterocycles. The topological polar surface area (TPSA) is 71.5 Å². The number of carbonyl (C=O) groups excluding carboxylic acids is 2. The molecule has 23 heavy (non-hydrogen) atoms. The molecule has 1 fully saturated rings. The van der Waals surface area contributed by atoms with Crippen LogP contribution in [-0.4, -0.2) is 41.6 Å². The van der Waals surface area contributed by atoms with Crippen molar-refractivity contribution in [3.05, 3.63) is 27.4 Å². The predicted octanol–water partition coefficient (Wildman–Crippen LogP) is 2.50. The molecule has 1 saturated heterocycles. The maximum Gasteiger partial charge on any atom is 0.409 e. The van der Waals surface area contributed by atoms with Crippen LogP contribution in [0.25, 0.3) is 10.6 Å². The Morgan fingerprint density at radius 3 is 3.09 bits per heavy atom. The monoisotopic (exact) mass is 351 g/mol. The van der Waals surface area contributed by atoms with E-state index >= 15 is 0 Å². The third kappa shape index (κ3) is 4.08. The Labute approximate surface area is 142 Å². The van der Waals surface area contributed by atoms with Crippen molar-refractivity contribution in [2.45, 2.75) is 19.9 Å². The van der Waals surface area contributed by atoms with Gasteiger partial charge in [0.2, 0.25) is 5.91 Å². The van der Waals surface area contributed by atoms with Crippen molar-refractivity contribution in [2.75, 3.05) is 19.7 Å². The molecule has 0 saturated carbocycles. The van der Waals surface area contributed by atoms with Crippen molar-refractivity contribution in [1.29, 1.82) is 0 Å². The van der Waals surface area contributed by atoms with Crippen LogP contribution in [0.1, 0.15) is 16.8 Å². The summed E-state index contributed by atoms with van der Waals surface area (Å²) in [6.45, 7) is 3.85. The summed E-state index contributed by atoms with van der Waals surface area (Å²) >= 11 is 3.23. The SMILES string of the molecule is CC(=O)NCc1ccc(-c2csc(CCN3CCOC3=O)n2)s1. The summed E-state index contributed by atoms with van der Waals surface area (Å²) in [7, 11) is 0. The number of ether oxygens (including phenoxy) is 1. The fourth-order valence-electron chi connectivity index (χ4n) is 2.22.